The molecule has 1 aromatic rings. The number of aromatic nitrogens is 1. The number of unbranched alkanes of at least 4 members (excludes halogenated alkanes) is 1. The maximum absolute atomic E-state index is 5.71. The van der Waals surface area contributed by atoms with Gasteiger partial charge in [-0.05, 0) is 37.4 Å². The van der Waals surface area contributed by atoms with Crippen LogP contribution in [0.25, 0.3) is 0 Å². The Labute approximate surface area is 97.2 Å². The van der Waals surface area contributed by atoms with Gasteiger partial charge in [-0.1, -0.05) is 13.3 Å². The molecule has 1 fully saturated rings. The largest absolute Gasteiger partial charge is 0.490 e. The minimum atomic E-state index is 0.541. The summed E-state index contributed by atoms with van der Waals surface area (Å²) < 4.78 is 5.71. The molecule has 3 nitrogen and oxygen atoms in total. The van der Waals surface area contributed by atoms with Crippen LogP contribution in [0.15, 0.2) is 18.5 Å². The number of aryl methyl sites for hydroxylation is 1. The first-order valence-corrected chi connectivity index (χ1v) is 6.18. The molecule has 16 heavy (non-hydrogen) atoms. The van der Waals surface area contributed by atoms with E-state index in [1.54, 1.807) is 6.20 Å². The molecule has 1 atom stereocenters. The maximum atomic E-state index is 5.71. The van der Waals surface area contributed by atoms with Gasteiger partial charge in [-0.2, -0.15) is 0 Å². The van der Waals surface area contributed by atoms with Gasteiger partial charge in [0, 0.05) is 12.2 Å². The van der Waals surface area contributed by atoms with E-state index in [9.17, 15) is 0 Å². The molecule has 0 spiro atoms. The molecule has 2 heterocycles. The monoisotopic (exact) mass is 220 g/mol. The highest BCUT2D eigenvalue weighted by atomic mass is 16.5. The van der Waals surface area contributed by atoms with E-state index in [0.717, 1.165) is 25.3 Å². The van der Waals surface area contributed by atoms with E-state index in [0.29, 0.717) is 6.04 Å². The summed E-state index contributed by atoms with van der Waals surface area (Å²) in [6.07, 6.45) is 8.50. The lowest BCUT2D eigenvalue weighted by molar-refractivity contribution is 0.217. The molecule has 1 aromatic heterocycles. The molecule has 0 saturated carbocycles. The fraction of sp³-hybridized carbons (Fsp3) is 0.615. The topological polar surface area (TPSA) is 34.1 Å². The van der Waals surface area contributed by atoms with Crippen molar-refractivity contribution in [2.75, 3.05) is 13.2 Å². The number of nitrogens with zero attached hydrogens (tertiary/aromatic N) is 1. The van der Waals surface area contributed by atoms with Crippen molar-refractivity contribution in [1.29, 1.82) is 0 Å². The molecule has 1 saturated heterocycles. The van der Waals surface area contributed by atoms with Crippen molar-refractivity contribution in [3.05, 3.63) is 24.0 Å². The van der Waals surface area contributed by atoms with E-state index < -0.39 is 0 Å². The zero-order valence-corrected chi connectivity index (χ0v) is 9.91. The molecule has 2 rings (SSSR count). The summed E-state index contributed by atoms with van der Waals surface area (Å²) in [6, 6.07) is 2.65. The van der Waals surface area contributed by atoms with Gasteiger partial charge in [0.15, 0.2) is 0 Å². The van der Waals surface area contributed by atoms with E-state index >= 15 is 0 Å². The van der Waals surface area contributed by atoms with Crippen LogP contribution in [0.4, 0.5) is 0 Å². The van der Waals surface area contributed by atoms with Crippen LogP contribution in [0, 0.1) is 0 Å². The predicted octanol–water partition coefficient (Wildman–Crippen LogP) is 2.16. The van der Waals surface area contributed by atoms with Gasteiger partial charge >= 0.3 is 0 Å². The number of pyridine rings is 1. The summed E-state index contributed by atoms with van der Waals surface area (Å²) in [5.41, 5.74) is 1.28. The molecule has 88 valence electrons. The highest BCUT2D eigenvalue weighted by Gasteiger charge is 2.16. The second-order valence-corrected chi connectivity index (χ2v) is 4.38. The van der Waals surface area contributed by atoms with Crippen molar-refractivity contribution in [3.8, 4) is 5.75 Å². The van der Waals surface area contributed by atoms with Crippen molar-refractivity contribution in [1.82, 2.24) is 10.3 Å². The summed E-state index contributed by atoms with van der Waals surface area (Å²) >= 11 is 0. The second kappa shape index (κ2) is 5.85. The average Bonchev–Trinajstić information content (AvgIpc) is 2.25. The molecule has 1 N–H and O–H groups in total. The predicted molar refractivity (Wildman–Crippen MR) is 64.8 cm³/mol. The van der Waals surface area contributed by atoms with Gasteiger partial charge in [-0.15, -0.1) is 0 Å². The van der Waals surface area contributed by atoms with Gasteiger partial charge in [0.1, 0.15) is 12.4 Å². The van der Waals surface area contributed by atoms with Crippen LogP contribution in [0.5, 0.6) is 5.75 Å². The minimum absolute atomic E-state index is 0.541. The lowest BCUT2D eigenvalue weighted by Crippen LogP contribution is -2.46. The molecule has 1 unspecified atom stereocenters. The first kappa shape index (κ1) is 11.4. The number of hydrogen-bond acceptors (Lipinski definition) is 3. The van der Waals surface area contributed by atoms with Crippen LogP contribution in [0.1, 0.15) is 31.7 Å². The minimum Gasteiger partial charge on any atom is -0.490 e. The number of ether oxygens (including phenoxy) is 1. The molecule has 0 bridgehead atoms. The van der Waals surface area contributed by atoms with E-state index in [-0.39, 0.29) is 0 Å². The van der Waals surface area contributed by atoms with Gasteiger partial charge < -0.3 is 10.1 Å². The third-order valence-corrected chi connectivity index (χ3v) is 2.97. The number of rotatable bonds is 6. The molecule has 0 aromatic carbocycles. The van der Waals surface area contributed by atoms with Gasteiger partial charge in [-0.25, -0.2) is 0 Å². The lowest BCUT2D eigenvalue weighted by Gasteiger charge is -2.27. The first-order valence-electron chi connectivity index (χ1n) is 6.18. The number of hydrogen-bond donors (Lipinski definition) is 1. The fourth-order valence-corrected chi connectivity index (χ4v) is 1.75. The Bertz CT molecular complexity index is 323. The Kier molecular flexibility index (Phi) is 4.17. The molecule has 0 amide bonds. The Balaban J connectivity index is 1.82. The van der Waals surface area contributed by atoms with Crippen LogP contribution in [0.3, 0.4) is 0 Å². The third kappa shape index (κ3) is 3.20. The Morgan fingerprint density at radius 2 is 2.38 bits per heavy atom. The smallest absolute Gasteiger partial charge is 0.137 e. The van der Waals surface area contributed by atoms with Crippen molar-refractivity contribution in [2.24, 2.45) is 0 Å². The molecule has 0 radical (unpaired) electrons. The zero-order chi connectivity index (χ0) is 11.2. The van der Waals surface area contributed by atoms with E-state index in [4.69, 9.17) is 4.74 Å². The standard InChI is InChI=1S/C13H20N2O/c1-2-3-4-11-7-13(9-14-8-11)16-10-12-5-6-15-12/h7-9,12,15H,2-6,10H2,1H3. The van der Waals surface area contributed by atoms with Crippen molar-refractivity contribution >= 4 is 0 Å². The van der Waals surface area contributed by atoms with Crippen molar-refractivity contribution < 1.29 is 4.74 Å². The fourth-order valence-electron chi connectivity index (χ4n) is 1.75. The van der Waals surface area contributed by atoms with Gasteiger partial charge in [-0.3, -0.25) is 4.98 Å². The van der Waals surface area contributed by atoms with Gasteiger partial charge in [0.25, 0.3) is 0 Å². The van der Waals surface area contributed by atoms with Crippen LogP contribution < -0.4 is 10.1 Å². The van der Waals surface area contributed by atoms with Crippen LogP contribution >= 0.6 is 0 Å². The molecule has 3 heteroatoms. The third-order valence-electron chi connectivity index (χ3n) is 2.97. The summed E-state index contributed by atoms with van der Waals surface area (Å²) in [6.45, 7) is 4.10. The number of nitrogens with one attached hydrogen (secondary N) is 1. The molecule has 0 aliphatic carbocycles. The summed E-state index contributed by atoms with van der Waals surface area (Å²) in [5.74, 6) is 0.905. The van der Waals surface area contributed by atoms with E-state index in [1.807, 2.05) is 6.20 Å². The Morgan fingerprint density at radius 3 is 3.06 bits per heavy atom. The quantitative estimate of drug-likeness (QED) is 0.797. The second-order valence-electron chi connectivity index (χ2n) is 4.38. The van der Waals surface area contributed by atoms with Crippen LogP contribution in [-0.4, -0.2) is 24.2 Å². The summed E-state index contributed by atoms with van der Waals surface area (Å²) in [4.78, 5) is 4.21. The maximum Gasteiger partial charge on any atom is 0.137 e. The van der Waals surface area contributed by atoms with E-state index in [2.05, 4.69) is 23.3 Å². The lowest BCUT2D eigenvalue weighted by atomic mass is 10.1. The summed E-state index contributed by atoms with van der Waals surface area (Å²) in [7, 11) is 0. The Hall–Kier alpha value is -1.09. The highest BCUT2D eigenvalue weighted by Crippen LogP contribution is 2.14. The molecular formula is C13H20N2O. The normalized spacial score (nSPS) is 19.2. The Morgan fingerprint density at radius 1 is 1.50 bits per heavy atom. The van der Waals surface area contributed by atoms with Crippen LogP contribution in [0.2, 0.25) is 0 Å². The van der Waals surface area contributed by atoms with Crippen molar-refractivity contribution in [2.45, 2.75) is 38.6 Å². The average molecular weight is 220 g/mol. The van der Waals surface area contributed by atoms with Crippen molar-refractivity contribution in [3.63, 3.8) is 0 Å². The van der Waals surface area contributed by atoms with Gasteiger partial charge in [0.05, 0.1) is 6.20 Å². The SMILES string of the molecule is CCCCc1cncc(OCC2CCN2)c1. The molecule has 1 aliphatic rings. The summed E-state index contributed by atoms with van der Waals surface area (Å²) in [5, 5.41) is 3.32. The van der Waals surface area contributed by atoms with E-state index in [1.165, 1.54) is 24.8 Å². The molecular weight excluding hydrogens is 200 g/mol. The zero-order valence-electron chi connectivity index (χ0n) is 9.91. The van der Waals surface area contributed by atoms with Crippen LogP contribution in [-0.2, 0) is 6.42 Å². The molecule has 1 aliphatic heterocycles. The van der Waals surface area contributed by atoms with Gasteiger partial charge in [0.2, 0.25) is 0 Å². The highest BCUT2D eigenvalue weighted by molar-refractivity contribution is 5.23. The first-order chi connectivity index (χ1) is 7.88.